The van der Waals surface area contributed by atoms with Crippen LogP contribution in [-0.2, 0) is 16.1 Å². The second kappa shape index (κ2) is 9.12. The van der Waals surface area contributed by atoms with Crippen molar-refractivity contribution in [1.82, 2.24) is 15.1 Å². The largest absolute Gasteiger partial charge is 0.452 e. The van der Waals surface area contributed by atoms with Gasteiger partial charge in [-0.05, 0) is 29.8 Å². The van der Waals surface area contributed by atoms with Crippen LogP contribution < -0.4 is 15.5 Å². The number of nitrogens with one attached hydrogen (secondary N) is 2. The summed E-state index contributed by atoms with van der Waals surface area (Å²) >= 11 is 0. The number of carbonyl (C=O) groups excluding carboxylic acids is 3. The Balaban J connectivity index is 1.26. The summed E-state index contributed by atoms with van der Waals surface area (Å²) in [5.74, 6) is -0.726. The van der Waals surface area contributed by atoms with Crippen molar-refractivity contribution in [3.8, 4) is 0 Å². The Kier molecular flexibility index (Phi) is 5.93. The SMILES string of the molecule is O=C(COC(=O)c1ccc(N2CCNC2=O)cc1)Nc1ccn(Cc2ccccc2)n1. The van der Waals surface area contributed by atoms with Crippen LogP contribution in [0.5, 0.6) is 0 Å². The Bertz CT molecular complexity index is 1080. The summed E-state index contributed by atoms with van der Waals surface area (Å²) in [6.07, 6.45) is 1.76. The lowest BCUT2D eigenvalue weighted by Crippen LogP contribution is -2.27. The maximum atomic E-state index is 12.2. The molecular weight excluding hydrogens is 398 g/mol. The normalized spacial score (nSPS) is 13.0. The number of rotatable bonds is 7. The van der Waals surface area contributed by atoms with Crippen LogP contribution in [-0.4, -0.2) is 47.4 Å². The molecule has 3 aromatic rings. The highest BCUT2D eigenvalue weighted by molar-refractivity contribution is 5.96. The van der Waals surface area contributed by atoms with Gasteiger partial charge in [0.1, 0.15) is 0 Å². The fraction of sp³-hybridized carbons (Fsp3) is 0.182. The summed E-state index contributed by atoms with van der Waals surface area (Å²) in [5, 5.41) is 9.61. The van der Waals surface area contributed by atoms with Gasteiger partial charge in [0.05, 0.1) is 12.1 Å². The van der Waals surface area contributed by atoms with Crippen LogP contribution in [0, 0.1) is 0 Å². The molecule has 4 rings (SSSR count). The maximum Gasteiger partial charge on any atom is 0.338 e. The first kappa shape index (κ1) is 20.1. The molecule has 1 aliphatic rings. The van der Waals surface area contributed by atoms with Gasteiger partial charge >= 0.3 is 12.0 Å². The van der Waals surface area contributed by atoms with E-state index in [1.165, 1.54) is 0 Å². The lowest BCUT2D eigenvalue weighted by molar-refractivity contribution is -0.119. The number of urea groups is 1. The third-order valence-corrected chi connectivity index (χ3v) is 4.70. The molecule has 0 atom stereocenters. The van der Waals surface area contributed by atoms with Gasteiger partial charge in [-0.2, -0.15) is 5.10 Å². The molecule has 0 aliphatic carbocycles. The van der Waals surface area contributed by atoms with E-state index in [1.807, 2.05) is 30.3 Å². The van der Waals surface area contributed by atoms with Gasteiger partial charge in [-0.1, -0.05) is 30.3 Å². The summed E-state index contributed by atoms with van der Waals surface area (Å²) in [4.78, 5) is 37.6. The van der Waals surface area contributed by atoms with E-state index in [0.717, 1.165) is 5.56 Å². The summed E-state index contributed by atoms with van der Waals surface area (Å²) < 4.78 is 6.78. The summed E-state index contributed by atoms with van der Waals surface area (Å²) in [5.41, 5.74) is 2.08. The first-order valence-electron chi connectivity index (χ1n) is 9.78. The van der Waals surface area contributed by atoms with E-state index < -0.39 is 18.5 Å². The molecule has 2 aromatic carbocycles. The molecule has 1 aromatic heterocycles. The monoisotopic (exact) mass is 419 g/mol. The molecule has 0 saturated carbocycles. The fourth-order valence-electron chi connectivity index (χ4n) is 3.18. The Morgan fingerprint density at radius 2 is 1.84 bits per heavy atom. The summed E-state index contributed by atoms with van der Waals surface area (Å²) in [6.45, 7) is 1.31. The number of esters is 1. The molecule has 3 amide bonds. The number of benzene rings is 2. The Morgan fingerprint density at radius 1 is 1.06 bits per heavy atom. The van der Waals surface area contributed by atoms with Crippen LogP contribution >= 0.6 is 0 Å². The molecule has 0 spiro atoms. The molecule has 2 heterocycles. The van der Waals surface area contributed by atoms with Crippen LogP contribution in [0.4, 0.5) is 16.3 Å². The minimum atomic E-state index is -0.623. The number of nitrogens with zero attached hydrogens (tertiary/aromatic N) is 3. The van der Waals surface area contributed by atoms with Crippen molar-refractivity contribution < 1.29 is 19.1 Å². The molecule has 0 radical (unpaired) electrons. The lowest BCUT2D eigenvalue weighted by atomic mass is 10.2. The zero-order valence-electron chi connectivity index (χ0n) is 16.7. The van der Waals surface area contributed by atoms with Gasteiger partial charge in [-0.3, -0.25) is 14.4 Å². The number of hydrogen-bond donors (Lipinski definition) is 2. The number of aromatic nitrogens is 2. The third-order valence-electron chi connectivity index (χ3n) is 4.70. The van der Waals surface area contributed by atoms with Crippen molar-refractivity contribution in [1.29, 1.82) is 0 Å². The topological polar surface area (TPSA) is 106 Å². The highest BCUT2D eigenvalue weighted by Crippen LogP contribution is 2.17. The zero-order valence-corrected chi connectivity index (χ0v) is 16.7. The first-order valence-corrected chi connectivity index (χ1v) is 9.78. The van der Waals surface area contributed by atoms with Gasteiger partial charge in [0.15, 0.2) is 12.4 Å². The minimum Gasteiger partial charge on any atom is -0.452 e. The molecule has 158 valence electrons. The summed E-state index contributed by atoms with van der Waals surface area (Å²) in [6, 6.07) is 17.8. The molecule has 9 nitrogen and oxygen atoms in total. The van der Waals surface area contributed by atoms with E-state index in [-0.39, 0.29) is 6.03 Å². The van der Waals surface area contributed by atoms with E-state index in [0.29, 0.717) is 36.7 Å². The molecule has 1 saturated heterocycles. The van der Waals surface area contributed by atoms with E-state index in [9.17, 15) is 14.4 Å². The fourth-order valence-corrected chi connectivity index (χ4v) is 3.18. The van der Waals surface area contributed by atoms with Crippen molar-refractivity contribution in [3.63, 3.8) is 0 Å². The number of hydrogen-bond acceptors (Lipinski definition) is 5. The highest BCUT2D eigenvalue weighted by atomic mass is 16.5. The Labute approximate surface area is 178 Å². The Morgan fingerprint density at radius 3 is 2.55 bits per heavy atom. The average Bonchev–Trinajstić information content (AvgIpc) is 3.41. The van der Waals surface area contributed by atoms with Crippen molar-refractivity contribution in [2.45, 2.75) is 6.54 Å². The van der Waals surface area contributed by atoms with Gasteiger partial charge in [-0.15, -0.1) is 0 Å². The number of carbonyl (C=O) groups is 3. The van der Waals surface area contributed by atoms with Gasteiger partial charge in [0.2, 0.25) is 0 Å². The smallest absolute Gasteiger partial charge is 0.338 e. The van der Waals surface area contributed by atoms with Crippen LogP contribution in [0.3, 0.4) is 0 Å². The van der Waals surface area contributed by atoms with Gasteiger partial charge in [-0.25, -0.2) is 9.59 Å². The lowest BCUT2D eigenvalue weighted by Gasteiger charge is -2.14. The minimum absolute atomic E-state index is 0.168. The second-order valence-corrected chi connectivity index (χ2v) is 6.94. The Hall–Kier alpha value is -4.14. The van der Waals surface area contributed by atoms with E-state index in [1.54, 1.807) is 46.1 Å². The number of ether oxygens (including phenoxy) is 1. The standard InChI is InChI=1S/C22H21N5O4/c28-20(24-19-10-12-26(25-19)14-16-4-2-1-3-5-16)15-31-21(29)17-6-8-18(9-7-17)27-13-11-23-22(27)30/h1-10,12H,11,13-15H2,(H,23,30)(H,24,25,28). The number of amides is 3. The molecule has 1 fully saturated rings. The van der Waals surface area contributed by atoms with Crippen LogP contribution in [0.15, 0.2) is 66.9 Å². The number of anilines is 2. The quantitative estimate of drug-likeness (QED) is 0.572. The van der Waals surface area contributed by atoms with Crippen LogP contribution in [0.25, 0.3) is 0 Å². The summed E-state index contributed by atoms with van der Waals surface area (Å²) in [7, 11) is 0. The third kappa shape index (κ3) is 5.08. The van der Waals surface area contributed by atoms with Crippen LogP contribution in [0.1, 0.15) is 15.9 Å². The molecular formula is C22H21N5O4. The van der Waals surface area contributed by atoms with Crippen molar-refractivity contribution >= 4 is 29.4 Å². The van der Waals surface area contributed by atoms with Gasteiger partial charge in [0.25, 0.3) is 5.91 Å². The molecule has 1 aliphatic heterocycles. The van der Waals surface area contributed by atoms with E-state index in [2.05, 4.69) is 15.7 Å². The zero-order chi connectivity index (χ0) is 21.6. The second-order valence-electron chi connectivity index (χ2n) is 6.94. The predicted octanol–water partition coefficient (Wildman–Crippen LogP) is 2.26. The first-order chi connectivity index (χ1) is 15.1. The molecule has 0 unspecified atom stereocenters. The average molecular weight is 419 g/mol. The maximum absolute atomic E-state index is 12.2. The van der Waals surface area contributed by atoms with E-state index in [4.69, 9.17) is 4.74 Å². The van der Waals surface area contributed by atoms with Crippen LogP contribution in [0.2, 0.25) is 0 Å². The van der Waals surface area contributed by atoms with Gasteiger partial charge in [0, 0.05) is 31.0 Å². The predicted molar refractivity (Wildman–Crippen MR) is 114 cm³/mol. The molecule has 31 heavy (non-hydrogen) atoms. The van der Waals surface area contributed by atoms with Crippen molar-refractivity contribution in [3.05, 3.63) is 78.0 Å². The highest BCUT2D eigenvalue weighted by Gasteiger charge is 2.21. The molecule has 0 bridgehead atoms. The molecule has 9 heteroatoms. The molecule has 2 N–H and O–H groups in total. The van der Waals surface area contributed by atoms with Gasteiger partial charge < -0.3 is 15.4 Å². The van der Waals surface area contributed by atoms with E-state index >= 15 is 0 Å². The van der Waals surface area contributed by atoms with Crippen molar-refractivity contribution in [2.24, 2.45) is 0 Å². The van der Waals surface area contributed by atoms with Crippen molar-refractivity contribution in [2.75, 3.05) is 29.9 Å².